The average Bonchev–Trinajstić information content (AvgIpc) is 3.15. The van der Waals surface area contributed by atoms with Crippen molar-refractivity contribution in [2.45, 2.75) is 19.9 Å². The van der Waals surface area contributed by atoms with E-state index in [1.165, 1.54) is 5.56 Å². The molecule has 30 heavy (non-hydrogen) atoms. The van der Waals surface area contributed by atoms with E-state index < -0.39 is 0 Å². The molecule has 7 nitrogen and oxygen atoms in total. The van der Waals surface area contributed by atoms with Crippen LogP contribution in [0.1, 0.15) is 11.4 Å². The molecule has 0 aliphatic carbocycles. The van der Waals surface area contributed by atoms with Gasteiger partial charge in [0.2, 0.25) is 0 Å². The van der Waals surface area contributed by atoms with Crippen molar-refractivity contribution in [2.75, 3.05) is 45.4 Å². The molecule has 2 aliphatic rings. The molecule has 0 N–H and O–H groups in total. The third-order valence-corrected chi connectivity index (χ3v) is 5.98. The largest absolute Gasteiger partial charge is 0.493 e. The third-order valence-electron chi connectivity index (χ3n) is 5.98. The number of morpholine rings is 1. The molecule has 2 aliphatic heterocycles. The van der Waals surface area contributed by atoms with Crippen molar-refractivity contribution in [1.29, 1.82) is 0 Å². The number of hydrogen-bond donors (Lipinski definition) is 0. The molecule has 0 radical (unpaired) electrons. The van der Waals surface area contributed by atoms with Crippen molar-refractivity contribution in [1.82, 2.24) is 14.5 Å². The van der Waals surface area contributed by atoms with Gasteiger partial charge in [-0.3, -0.25) is 0 Å². The van der Waals surface area contributed by atoms with E-state index in [-0.39, 0.29) is 0 Å². The van der Waals surface area contributed by atoms with Gasteiger partial charge in [-0.05, 0) is 43.2 Å². The second-order valence-electron chi connectivity index (χ2n) is 7.63. The Morgan fingerprint density at radius 2 is 1.77 bits per heavy atom. The lowest BCUT2D eigenvalue weighted by Crippen LogP contribution is -2.36. The van der Waals surface area contributed by atoms with Crippen LogP contribution in [0.2, 0.25) is 0 Å². The van der Waals surface area contributed by atoms with E-state index in [9.17, 15) is 0 Å². The summed E-state index contributed by atoms with van der Waals surface area (Å²) >= 11 is 0. The van der Waals surface area contributed by atoms with Gasteiger partial charge >= 0.3 is 0 Å². The summed E-state index contributed by atoms with van der Waals surface area (Å²) in [6, 6.07) is 8.36. The number of methoxy groups -OCH3 is 2. The molecule has 3 aromatic rings. The van der Waals surface area contributed by atoms with Gasteiger partial charge in [0.05, 0.1) is 38.8 Å². The third kappa shape index (κ3) is 3.10. The molecule has 0 unspecified atom stereocenters. The number of pyridine rings is 1. The predicted molar refractivity (Wildman–Crippen MR) is 115 cm³/mol. The van der Waals surface area contributed by atoms with Crippen LogP contribution in [0.15, 0.2) is 30.5 Å². The Bertz CT molecular complexity index is 1070. The van der Waals surface area contributed by atoms with Crippen molar-refractivity contribution in [2.24, 2.45) is 0 Å². The second kappa shape index (κ2) is 7.65. The number of hydrogen-bond acceptors (Lipinski definition) is 6. The smallest absolute Gasteiger partial charge is 0.161 e. The maximum Gasteiger partial charge on any atom is 0.161 e. The number of anilines is 1. The zero-order valence-corrected chi connectivity index (χ0v) is 17.6. The van der Waals surface area contributed by atoms with Crippen molar-refractivity contribution >= 4 is 5.82 Å². The van der Waals surface area contributed by atoms with E-state index in [0.717, 1.165) is 84.9 Å². The molecule has 0 amide bonds. The standard InChI is InChI=1S/C23H26N4O3/c1-15-25-22(17-4-5-21(24-14-17)26-8-10-30-11-9-26)23-18-13-20(29-3)19(28-2)12-16(18)6-7-27(15)23/h4-5,12-14H,6-11H2,1-3H3. The van der Waals surface area contributed by atoms with Gasteiger partial charge in [-0.25, -0.2) is 9.97 Å². The maximum absolute atomic E-state index is 5.57. The first kappa shape index (κ1) is 18.9. The molecule has 1 saturated heterocycles. The van der Waals surface area contributed by atoms with Gasteiger partial charge in [0.25, 0.3) is 0 Å². The van der Waals surface area contributed by atoms with Crippen molar-refractivity contribution in [3.05, 3.63) is 41.9 Å². The minimum absolute atomic E-state index is 0.732. The van der Waals surface area contributed by atoms with Gasteiger partial charge in [0, 0.05) is 37.0 Å². The highest BCUT2D eigenvalue weighted by molar-refractivity contribution is 5.83. The SMILES string of the molecule is COc1cc2c(cc1OC)-c1c(-c3ccc(N4CCOCC4)nc3)nc(C)n1CC2. The number of aryl methyl sites for hydroxylation is 2. The highest BCUT2D eigenvalue weighted by Gasteiger charge is 2.26. The number of ether oxygens (including phenoxy) is 3. The van der Waals surface area contributed by atoms with Crippen LogP contribution in [0.5, 0.6) is 11.5 Å². The summed E-state index contributed by atoms with van der Waals surface area (Å²) in [4.78, 5) is 11.9. The lowest BCUT2D eigenvalue weighted by atomic mass is 9.95. The monoisotopic (exact) mass is 406 g/mol. The summed E-state index contributed by atoms with van der Waals surface area (Å²) < 4.78 is 18.8. The molecule has 0 saturated carbocycles. The van der Waals surface area contributed by atoms with Gasteiger partial charge < -0.3 is 23.7 Å². The van der Waals surface area contributed by atoms with Crippen LogP contribution in [0.4, 0.5) is 5.82 Å². The van der Waals surface area contributed by atoms with E-state index in [2.05, 4.69) is 40.7 Å². The zero-order chi connectivity index (χ0) is 20.7. The Hall–Kier alpha value is -3.06. The Kier molecular flexibility index (Phi) is 4.83. The summed E-state index contributed by atoms with van der Waals surface area (Å²) in [7, 11) is 3.35. The molecule has 5 rings (SSSR count). The first-order chi connectivity index (χ1) is 14.7. The molecule has 1 fully saturated rings. The maximum atomic E-state index is 5.57. The number of aromatic nitrogens is 3. The summed E-state index contributed by atoms with van der Waals surface area (Å²) in [5.74, 6) is 3.49. The number of rotatable bonds is 4. The number of benzene rings is 1. The van der Waals surface area contributed by atoms with Gasteiger partial charge in [-0.2, -0.15) is 0 Å². The lowest BCUT2D eigenvalue weighted by molar-refractivity contribution is 0.122. The van der Waals surface area contributed by atoms with Crippen LogP contribution in [0.3, 0.4) is 0 Å². The van der Waals surface area contributed by atoms with Crippen molar-refractivity contribution in [3.63, 3.8) is 0 Å². The second-order valence-corrected chi connectivity index (χ2v) is 7.63. The molecule has 7 heteroatoms. The fourth-order valence-corrected chi connectivity index (χ4v) is 4.40. The molecule has 2 aromatic heterocycles. The summed E-state index contributed by atoms with van der Waals surface area (Å²) in [5.41, 5.74) is 5.50. The van der Waals surface area contributed by atoms with E-state index in [4.69, 9.17) is 24.2 Å². The fraction of sp³-hybridized carbons (Fsp3) is 0.391. The average molecular weight is 406 g/mol. The quantitative estimate of drug-likeness (QED) is 0.662. The molecular weight excluding hydrogens is 380 g/mol. The van der Waals surface area contributed by atoms with Crippen molar-refractivity contribution < 1.29 is 14.2 Å². The Labute approximate surface area is 176 Å². The Morgan fingerprint density at radius 3 is 2.47 bits per heavy atom. The van der Waals surface area contributed by atoms with Crippen molar-refractivity contribution in [3.8, 4) is 34.0 Å². The first-order valence-corrected chi connectivity index (χ1v) is 10.3. The Morgan fingerprint density at radius 1 is 1.00 bits per heavy atom. The van der Waals surface area contributed by atoms with Gasteiger partial charge in [-0.15, -0.1) is 0 Å². The summed E-state index contributed by atoms with van der Waals surface area (Å²) in [6.45, 7) is 6.21. The lowest BCUT2D eigenvalue weighted by Gasteiger charge is -2.27. The van der Waals surface area contributed by atoms with Crippen LogP contribution in [0, 0.1) is 6.92 Å². The minimum Gasteiger partial charge on any atom is -0.493 e. The first-order valence-electron chi connectivity index (χ1n) is 10.3. The highest BCUT2D eigenvalue weighted by Crippen LogP contribution is 2.42. The van der Waals surface area contributed by atoms with Crippen LogP contribution < -0.4 is 14.4 Å². The van der Waals surface area contributed by atoms with Crippen LogP contribution in [-0.2, 0) is 17.7 Å². The normalized spacial score (nSPS) is 15.5. The topological polar surface area (TPSA) is 61.6 Å². The van der Waals surface area contributed by atoms with E-state index in [0.29, 0.717) is 0 Å². The van der Waals surface area contributed by atoms with Gasteiger partial charge in [0.1, 0.15) is 11.6 Å². The van der Waals surface area contributed by atoms with E-state index >= 15 is 0 Å². The molecule has 1 aromatic carbocycles. The molecule has 4 heterocycles. The minimum atomic E-state index is 0.732. The van der Waals surface area contributed by atoms with E-state index in [1.807, 2.05) is 6.20 Å². The van der Waals surface area contributed by atoms with Crippen LogP contribution in [0.25, 0.3) is 22.5 Å². The molecular formula is C23H26N4O3. The van der Waals surface area contributed by atoms with Crippen LogP contribution >= 0.6 is 0 Å². The Balaban J connectivity index is 1.58. The fourth-order valence-electron chi connectivity index (χ4n) is 4.40. The summed E-state index contributed by atoms with van der Waals surface area (Å²) in [5, 5.41) is 0. The zero-order valence-electron chi connectivity index (χ0n) is 17.6. The number of nitrogens with zero attached hydrogens (tertiary/aromatic N) is 4. The number of fused-ring (bicyclic) bond motifs is 3. The molecule has 0 bridgehead atoms. The predicted octanol–water partition coefficient (Wildman–Crippen LogP) is 3.33. The van der Waals surface area contributed by atoms with Crippen LogP contribution in [-0.4, -0.2) is 55.1 Å². The molecule has 0 spiro atoms. The van der Waals surface area contributed by atoms with Gasteiger partial charge in [0.15, 0.2) is 11.5 Å². The summed E-state index contributed by atoms with van der Waals surface area (Å²) in [6.07, 6.45) is 2.87. The molecule has 0 atom stereocenters. The highest BCUT2D eigenvalue weighted by atomic mass is 16.5. The molecule has 156 valence electrons. The number of imidazole rings is 1. The van der Waals surface area contributed by atoms with E-state index in [1.54, 1.807) is 14.2 Å². The van der Waals surface area contributed by atoms with Gasteiger partial charge in [-0.1, -0.05) is 0 Å².